The van der Waals surface area contributed by atoms with Crippen molar-refractivity contribution < 1.29 is 17.9 Å². The van der Waals surface area contributed by atoms with Gasteiger partial charge >= 0.3 is 0 Å². The lowest BCUT2D eigenvalue weighted by Gasteiger charge is -2.32. The molecule has 8 nitrogen and oxygen atoms in total. The van der Waals surface area contributed by atoms with Crippen LogP contribution < -0.4 is 14.8 Å². The number of ether oxygens (including phenoxy) is 1. The predicted molar refractivity (Wildman–Crippen MR) is 130 cm³/mol. The molecule has 1 fully saturated rings. The van der Waals surface area contributed by atoms with Gasteiger partial charge in [0.05, 0.1) is 7.11 Å². The maximum atomic E-state index is 13.0. The van der Waals surface area contributed by atoms with Crippen LogP contribution in [0.2, 0.25) is 0 Å². The number of nitrogens with one attached hydrogen (secondary N) is 2. The third kappa shape index (κ3) is 7.18. The molecule has 3 rings (SSSR count). The number of anilines is 1. The van der Waals surface area contributed by atoms with Crippen LogP contribution in [0.4, 0.5) is 5.69 Å². The Morgan fingerprint density at radius 2 is 1.73 bits per heavy atom. The molecule has 1 heterocycles. The minimum atomic E-state index is -3.93. The molecule has 33 heavy (non-hydrogen) atoms. The van der Waals surface area contributed by atoms with E-state index in [2.05, 4.69) is 26.9 Å². The first-order valence-corrected chi connectivity index (χ1v) is 12.7. The van der Waals surface area contributed by atoms with Gasteiger partial charge < -0.3 is 19.9 Å². The Morgan fingerprint density at radius 3 is 2.39 bits per heavy atom. The standard InChI is InChI=1S/C24H34N4O4S/c1-19-6-9-21(10-7-19)26-33(30,31)23-18-20(8-11-22(23)32-3)24(29)25-12-4-5-13-28-16-14-27(2)15-17-28/h6-11,18,26H,4-5,12-17H2,1-3H3,(H,25,29). The van der Waals surface area contributed by atoms with Crippen LogP contribution >= 0.6 is 0 Å². The topological polar surface area (TPSA) is 91.0 Å². The number of aryl methyl sites for hydroxylation is 1. The number of likely N-dealkylation sites (N-methyl/N-ethyl adjacent to an activating group) is 1. The van der Waals surface area contributed by atoms with Crippen molar-refractivity contribution >= 4 is 21.6 Å². The third-order valence-electron chi connectivity index (χ3n) is 5.80. The molecule has 0 aromatic heterocycles. The van der Waals surface area contributed by atoms with Crippen molar-refractivity contribution in [1.82, 2.24) is 15.1 Å². The molecular weight excluding hydrogens is 440 g/mol. The van der Waals surface area contributed by atoms with Crippen LogP contribution in [0.5, 0.6) is 5.75 Å². The number of nitrogens with zero attached hydrogens (tertiary/aromatic N) is 2. The zero-order chi connectivity index (χ0) is 23.8. The number of hydrogen-bond donors (Lipinski definition) is 2. The molecule has 1 aliphatic rings. The quantitative estimate of drug-likeness (QED) is 0.515. The van der Waals surface area contributed by atoms with Crippen molar-refractivity contribution in [3.63, 3.8) is 0 Å². The fourth-order valence-electron chi connectivity index (χ4n) is 3.70. The Bertz CT molecular complexity index is 1030. The molecule has 0 atom stereocenters. The number of methoxy groups -OCH3 is 1. The van der Waals surface area contributed by atoms with E-state index in [1.54, 1.807) is 18.2 Å². The molecule has 9 heteroatoms. The van der Waals surface area contributed by atoms with Gasteiger partial charge in [0.15, 0.2) is 0 Å². The van der Waals surface area contributed by atoms with E-state index >= 15 is 0 Å². The number of piperazine rings is 1. The molecular formula is C24H34N4O4S. The van der Waals surface area contributed by atoms with Gasteiger partial charge in [0.25, 0.3) is 15.9 Å². The molecule has 0 aliphatic carbocycles. The summed E-state index contributed by atoms with van der Waals surface area (Å²) in [6, 6.07) is 11.5. The second-order valence-corrected chi connectivity index (χ2v) is 10.1. The van der Waals surface area contributed by atoms with Gasteiger partial charge in [-0.2, -0.15) is 0 Å². The van der Waals surface area contributed by atoms with Crippen molar-refractivity contribution in [2.45, 2.75) is 24.7 Å². The van der Waals surface area contributed by atoms with Crippen molar-refractivity contribution in [1.29, 1.82) is 0 Å². The first kappa shape index (κ1) is 25.0. The van der Waals surface area contributed by atoms with E-state index in [-0.39, 0.29) is 22.1 Å². The lowest BCUT2D eigenvalue weighted by atomic mass is 10.2. The summed E-state index contributed by atoms with van der Waals surface area (Å²) in [5.41, 5.74) is 1.75. The predicted octanol–water partition coefficient (Wildman–Crippen LogP) is 2.56. The molecule has 0 radical (unpaired) electrons. The molecule has 2 aromatic rings. The lowest BCUT2D eigenvalue weighted by molar-refractivity contribution is 0.0951. The molecule has 1 amide bonds. The molecule has 180 valence electrons. The number of carbonyl (C=O) groups excluding carboxylic acids is 1. The van der Waals surface area contributed by atoms with Gasteiger partial charge in [-0.3, -0.25) is 9.52 Å². The highest BCUT2D eigenvalue weighted by atomic mass is 32.2. The summed E-state index contributed by atoms with van der Waals surface area (Å²) in [6.07, 6.45) is 1.88. The summed E-state index contributed by atoms with van der Waals surface area (Å²) in [4.78, 5) is 17.3. The van der Waals surface area contributed by atoms with Gasteiger partial charge in [-0.05, 0) is 63.7 Å². The molecule has 1 saturated heterocycles. The maximum absolute atomic E-state index is 13.0. The van der Waals surface area contributed by atoms with Crippen molar-refractivity contribution in [2.75, 3.05) is 58.1 Å². The molecule has 2 aromatic carbocycles. The summed E-state index contributed by atoms with van der Waals surface area (Å²) < 4.78 is 33.8. The van der Waals surface area contributed by atoms with Gasteiger partial charge in [-0.25, -0.2) is 8.42 Å². The minimum Gasteiger partial charge on any atom is -0.495 e. The fraction of sp³-hybridized carbons (Fsp3) is 0.458. The van der Waals surface area contributed by atoms with Crippen LogP contribution in [-0.2, 0) is 10.0 Å². The van der Waals surface area contributed by atoms with Crippen LogP contribution in [0.3, 0.4) is 0 Å². The van der Waals surface area contributed by atoms with E-state index < -0.39 is 10.0 Å². The Balaban J connectivity index is 1.57. The second-order valence-electron chi connectivity index (χ2n) is 8.45. The number of benzene rings is 2. The van der Waals surface area contributed by atoms with Crippen LogP contribution in [0, 0.1) is 6.92 Å². The Labute approximate surface area is 197 Å². The normalized spacial score (nSPS) is 15.2. The summed E-state index contributed by atoms with van der Waals surface area (Å²) in [6.45, 7) is 7.86. The third-order valence-corrected chi connectivity index (χ3v) is 7.20. The average Bonchev–Trinajstić information content (AvgIpc) is 2.81. The Morgan fingerprint density at radius 1 is 1.03 bits per heavy atom. The molecule has 0 saturated carbocycles. The van der Waals surface area contributed by atoms with Gasteiger partial charge in [-0.1, -0.05) is 17.7 Å². The number of unbranched alkanes of at least 4 members (excludes halogenated alkanes) is 1. The zero-order valence-electron chi connectivity index (χ0n) is 19.6. The SMILES string of the molecule is COc1ccc(C(=O)NCCCCN2CCN(C)CC2)cc1S(=O)(=O)Nc1ccc(C)cc1. The van der Waals surface area contributed by atoms with E-state index in [1.165, 1.54) is 19.2 Å². The van der Waals surface area contributed by atoms with Gasteiger partial charge in [0.2, 0.25) is 0 Å². The highest BCUT2D eigenvalue weighted by Crippen LogP contribution is 2.27. The van der Waals surface area contributed by atoms with Crippen LogP contribution in [0.25, 0.3) is 0 Å². The van der Waals surface area contributed by atoms with Crippen LogP contribution in [0.15, 0.2) is 47.4 Å². The largest absolute Gasteiger partial charge is 0.495 e. The first-order chi connectivity index (χ1) is 15.8. The van der Waals surface area contributed by atoms with Crippen molar-refractivity contribution in [2.24, 2.45) is 0 Å². The lowest BCUT2D eigenvalue weighted by Crippen LogP contribution is -2.44. The molecule has 0 spiro atoms. The number of sulfonamides is 1. The van der Waals surface area contributed by atoms with Gasteiger partial charge in [0, 0.05) is 44.0 Å². The van der Waals surface area contributed by atoms with E-state index in [0.717, 1.165) is 51.1 Å². The average molecular weight is 475 g/mol. The molecule has 0 bridgehead atoms. The minimum absolute atomic E-state index is 0.0757. The summed E-state index contributed by atoms with van der Waals surface area (Å²) in [5.74, 6) is -0.123. The van der Waals surface area contributed by atoms with Gasteiger partial charge in [-0.15, -0.1) is 0 Å². The van der Waals surface area contributed by atoms with E-state index in [0.29, 0.717) is 12.2 Å². The smallest absolute Gasteiger partial charge is 0.265 e. The number of hydrogen-bond acceptors (Lipinski definition) is 6. The number of rotatable bonds is 10. The van der Waals surface area contributed by atoms with E-state index in [4.69, 9.17) is 4.74 Å². The van der Waals surface area contributed by atoms with Crippen molar-refractivity contribution in [3.8, 4) is 5.75 Å². The van der Waals surface area contributed by atoms with E-state index in [1.807, 2.05) is 19.1 Å². The summed E-state index contributed by atoms with van der Waals surface area (Å²) in [5, 5.41) is 2.89. The fourth-order valence-corrected chi connectivity index (χ4v) is 4.95. The number of carbonyl (C=O) groups is 1. The van der Waals surface area contributed by atoms with Crippen molar-refractivity contribution in [3.05, 3.63) is 53.6 Å². The Hall–Kier alpha value is -2.62. The summed E-state index contributed by atoms with van der Waals surface area (Å²) in [7, 11) is -0.391. The van der Waals surface area contributed by atoms with Crippen LogP contribution in [-0.4, -0.2) is 77.6 Å². The molecule has 1 aliphatic heterocycles. The van der Waals surface area contributed by atoms with Gasteiger partial charge in [0.1, 0.15) is 10.6 Å². The molecule has 2 N–H and O–H groups in total. The van der Waals surface area contributed by atoms with Crippen LogP contribution in [0.1, 0.15) is 28.8 Å². The zero-order valence-corrected chi connectivity index (χ0v) is 20.5. The first-order valence-electron chi connectivity index (χ1n) is 11.2. The monoisotopic (exact) mass is 474 g/mol. The Kier molecular flexibility index (Phi) is 8.71. The number of amides is 1. The summed E-state index contributed by atoms with van der Waals surface area (Å²) >= 11 is 0. The highest BCUT2D eigenvalue weighted by molar-refractivity contribution is 7.92. The maximum Gasteiger partial charge on any atom is 0.265 e. The molecule has 0 unspecified atom stereocenters. The highest BCUT2D eigenvalue weighted by Gasteiger charge is 2.22. The second kappa shape index (κ2) is 11.5. The van der Waals surface area contributed by atoms with E-state index in [9.17, 15) is 13.2 Å².